The fraction of sp³-hybridized carbons (Fsp3) is 0.167. The summed E-state index contributed by atoms with van der Waals surface area (Å²) in [6, 6.07) is 6.57. The summed E-state index contributed by atoms with van der Waals surface area (Å²) in [4.78, 5) is 26.8. The Morgan fingerprint density at radius 2 is 1.39 bits per heavy atom. The summed E-state index contributed by atoms with van der Waals surface area (Å²) in [5, 5.41) is 16.5. The Balaban J connectivity index is 0.000000161. The topological polar surface area (TPSA) is 141 Å². The highest BCUT2D eigenvalue weighted by Crippen LogP contribution is 2.19. The third kappa shape index (κ3) is 4.68. The molecular formula is C18H16N6O4. The minimum Gasteiger partial charge on any atom is -0.387 e. The van der Waals surface area contributed by atoms with Crippen LogP contribution < -0.4 is 0 Å². The Morgan fingerprint density at radius 1 is 0.893 bits per heavy atom. The molecule has 4 rings (SSSR count). The van der Waals surface area contributed by atoms with Crippen molar-refractivity contribution in [3.8, 4) is 23.2 Å². The van der Waals surface area contributed by atoms with Crippen LogP contribution in [-0.2, 0) is 0 Å². The van der Waals surface area contributed by atoms with Gasteiger partial charge in [-0.15, -0.1) is 0 Å². The number of carbonyl (C=O) groups excluding carboxylic acids is 1. The van der Waals surface area contributed by atoms with Crippen LogP contribution in [0.4, 0.5) is 0 Å². The van der Waals surface area contributed by atoms with Crippen molar-refractivity contribution in [2.75, 3.05) is 0 Å². The fourth-order valence-electron chi connectivity index (χ4n) is 1.99. The van der Waals surface area contributed by atoms with E-state index in [0.717, 1.165) is 0 Å². The normalized spacial score (nSPS) is 11.4. The van der Waals surface area contributed by atoms with E-state index < -0.39 is 6.10 Å². The molecule has 0 spiro atoms. The summed E-state index contributed by atoms with van der Waals surface area (Å²) in [5.41, 5.74) is 0.764. The van der Waals surface area contributed by atoms with Crippen LogP contribution in [0.15, 0.2) is 58.1 Å². The van der Waals surface area contributed by atoms with Crippen LogP contribution in [0.3, 0.4) is 0 Å². The molecule has 0 saturated carbocycles. The maximum Gasteiger partial charge on any atom is 0.204 e. The maximum absolute atomic E-state index is 10.9. The van der Waals surface area contributed by atoms with Gasteiger partial charge in [0.25, 0.3) is 0 Å². The lowest BCUT2D eigenvalue weighted by Crippen LogP contribution is -1.89. The van der Waals surface area contributed by atoms with Gasteiger partial charge in [-0.1, -0.05) is 10.3 Å². The van der Waals surface area contributed by atoms with E-state index in [9.17, 15) is 9.90 Å². The first kappa shape index (κ1) is 19.0. The molecule has 4 heterocycles. The molecule has 0 amide bonds. The summed E-state index contributed by atoms with van der Waals surface area (Å²) in [7, 11) is 0. The Labute approximate surface area is 159 Å². The molecule has 4 aromatic rings. The van der Waals surface area contributed by atoms with Gasteiger partial charge < -0.3 is 14.2 Å². The zero-order chi connectivity index (χ0) is 19.9. The van der Waals surface area contributed by atoms with Crippen molar-refractivity contribution in [3.63, 3.8) is 0 Å². The van der Waals surface area contributed by atoms with Gasteiger partial charge in [0.1, 0.15) is 11.4 Å². The second kappa shape index (κ2) is 8.73. The van der Waals surface area contributed by atoms with Gasteiger partial charge in [0.2, 0.25) is 11.5 Å². The zero-order valence-corrected chi connectivity index (χ0v) is 15.1. The van der Waals surface area contributed by atoms with E-state index in [4.69, 9.17) is 9.05 Å². The Morgan fingerprint density at radius 3 is 1.82 bits per heavy atom. The number of carbonyl (C=O) groups is 1. The van der Waals surface area contributed by atoms with Crippen molar-refractivity contribution < 1.29 is 18.9 Å². The third-order valence-electron chi connectivity index (χ3n) is 3.40. The van der Waals surface area contributed by atoms with E-state index in [-0.39, 0.29) is 11.5 Å². The predicted octanol–water partition coefficient (Wildman–Crippen LogP) is 2.52. The number of rotatable bonds is 4. The summed E-state index contributed by atoms with van der Waals surface area (Å²) in [6.45, 7) is 3.04. The number of hydrogen-bond acceptors (Lipinski definition) is 10. The molecule has 0 radical (unpaired) electrons. The number of hydrogen-bond donors (Lipinski definition) is 1. The van der Waals surface area contributed by atoms with Gasteiger partial charge in [0.05, 0.1) is 6.10 Å². The van der Waals surface area contributed by atoms with E-state index in [0.29, 0.717) is 28.9 Å². The number of aromatic nitrogens is 6. The molecule has 0 fully saturated rings. The van der Waals surface area contributed by atoms with Crippen LogP contribution in [0, 0.1) is 0 Å². The summed E-state index contributed by atoms with van der Waals surface area (Å²) < 4.78 is 9.89. The minimum absolute atomic E-state index is 0.143. The van der Waals surface area contributed by atoms with Crippen LogP contribution in [0.2, 0.25) is 0 Å². The fourth-order valence-corrected chi connectivity index (χ4v) is 1.99. The Hall–Kier alpha value is -3.79. The van der Waals surface area contributed by atoms with E-state index >= 15 is 0 Å². The SMILES string of the molecule is CC(=O)c1cc(-c2ncccn2)on1.CC(O)c1cc(-c2ncccn2)on1. The molecule has 1 unspecified atom stereocenters. The van der Waals surface area contributed by atoms with Gasteiger partial charge >= 0.3 is 0 Å². The van der Waals surface area contributed by atoms with Gasteiger partial charge in [-0.25, -0.2) is 19.9 Å². The number of Topliss-reactive ketones (excluding diaryl/α,β-unsaturated/α-hetero) is 1. The molecule has 1 atom stereocenters. The number of ketones is 1. The maximum atomic E-state index is 10.9. The highest BCUT2D eigenvalue weighted by Gasteiger charge is 2.12. The third-order valence-corrected chi connectivity index (χ3v) is 3.40. The molecule has 28 heavy (non-hydrogen) atoms. The molecule has 10 heteroatoms. The summed E-state index contributed by atoms with van der Waals surface area (Å²) in [6.07, 6.45) is 5.78. The molecule has 0 bridgehead atoms. The Bertz CT molecular complexity index is 1030. The summed E-state index contributed by atoms with van der Waals surface area (Å²) in [5.74, 6) is 1.60. The van der Waals surface area contributed by atoms with Crippen molar-refractivity contribution >= 4 is 5.78 Å². The molecule has 0 aliphatic heterocycles. The van der Waals surface area contributed by atoms with E-state index in [1.807, 2.05) is 0 Å². The van der Waals surface area contributed by atoms with Crippen molar-refractivity contribution in [1.29, 1.82) is 0 Å². The van der Waals surface area contributed by atoms with Gasteiger partial charge in [-0.3, -0.25) is 4.79 Å². The molecule has 0 saturated heterocycles. The van der Waals surface area contributed by atoms with Gasteiger partial charge in [0, 0.05) is 43.8 Å². The first-order valence-electron chi connectivity index (χ1n) is 8.21. The van der Waals surface area contributed by atoms with Crippen LogP contribution in [0.1, 0.15) is 36.1 Å². The molecule has 142 valence electrons. The predicted molar refractivity (Wildman–Crippen MR) is 95.7 cm³/mol. The van der Waals surface area contributed by atoms with Gasteiger partial charge in [-0.2, -0.15) is 0 Å². The monoisotopic (exact) mass is 380 g/mol. The van der Waals surface area contributed by atoms with Crippen molar-refractivity contribution in [3.05, 3.63) is 60.4 Å². The minimum atomic E-state index is -0.642. The van der Waals surface area contributed by atoms with Gasteiger partial charge in [0.15, 0.2) is 17.4 Å². The molecule has 1 N–H and O–H groups in total. The number of nitrogens with zero attached hydrogens (tertiary/aromatic N) is 6. The Kier molecular flexibility index (Phi) is 5.92. The second-order valence-corrected chi connectivity index (χ2v) is 5.57. The second-order valence-electron chi connectivity index (χ2n) is 5.57. The first-order chi connectivity index (χ1) is 13.5. The van der Waals surface area contributed by atoms with Crippen LogP contribution in [0.5, 0.6) is 0 Å². The van der Waals surface area contributed by atoms with Crippen LogP contribution >= 0.6 is 0 Å². The van der Waals surface area contributed by atoms with E-state index in [1.165, 1.54) is 13.0 Å². The quantitative estimate of drug-likeness (QED) is 0.525. The molecule has 0 aliphatic rings. The molecule has 4 aromatic heterocycles. The summed E-state index contributed by atoms with van der Waals surface area (Å²) >= 11 is 0. The first-order valence-corrected chi connectivity index (χ1v) is 8.21. The molecule has 0 aromatic carbocycles. The number of aliphatic hydroxyl groups is 1. The smallest absolute Gasteiger partial charge is 0.204 e. The largest absolute Gasteiger partial charge is 0.387 e. The van der Waals surface area contributed by atoms with E-state index in [2.05, 4.69) is 30.2 Å². The standard InChI is InChI=1S/C9H9N3O2.C9H7N3O2/c2*1-6(13)7-5-8(14-12-7)9-10-3-2-4-11-9/h2-6,13H,1H3;2-5H,1H3. The number of aliphatic hydroxyl groups excluding tert-OH is 1. The average molecular weight is 380 g/mol. The zero-order valence-electron chi connectivity index (χ0n) is 15.1. The lowest BCUT2D eigenvalue weighted by molar-refractivity contribution is 0.100. The highest BCUT2D eigenvalue weighted by atomic mass is 16.5. The lowest BCUT2D eigenvalue weighted by Gasteiger charge is -1.93. The van der Waals surface area contributed by atoms with Crippen molar-refractivity contribution in [2.45, 2.75) is 20.0 Å². The average Bonchev–Trinajstić information content (AvgIpc) is 3.40. The highest BCUT2D eigenvalue weighted by molar-refractivity contribution is 5.92. The molecular weight excluding hydrogens is 364 g/mol. The molecule has 10 nitrogen and oxygen atoms in total. The van der Waals surface area contributed by atoms with Crippen LogP contribution in [0.25, 0.3) is 23.2 Å². The van der Waals surface area contributed by atoms with Crippen LogP contribution in [-0.4, -0.2) is 41.1 Å². The lowest BCUT2D eigenvalue weighted by atomic mass is 10.2. The van der Waals surface area contributed by atoms with E-state index in [1.54, 1.807) is 49.9 Å². The van der Waals surface area contributed by atoms with Gasteiger partial charge in [-0.05, 0) is 19.1 Å². The molecule has 0 aliphatic carbocycles. The van der Waals surface area contributed by atoms with Crippen molar-refractivity contribution in [1.82, 2.24) is 30.2 Å². The van der Waals surface area contributed by atoms with Crippen molar-refractivity contribution in [2.24, 2.45) is 0 Å².